The van der Waals surface area contributed by atoms with Crippen LogP contribution in [0, 0.1) is 6.92 Å². The van der Waals surface area contributed by atoms with Gasteiger partial charge < -0.3 is 15.2 Å². The van der Waals surface area contributed by atoms with Crippen LogP contribution in [-0.4, -0.2) is 23.8 Å². The summed E-state index contributed by atoms with van der Waals surface area (Å²) in [6, 6.07) is 7.85. The number of carboxylic acid groups (broad SMARTS) is 1. The first-order valence-corrected chi connectivity index (χ1v) is 6.26. The molecule has 104 valence electrons. The van der Waals surface area contributed by atoms with Gasteiger partial charge in [-0.2, -0.15) is 0 Å². The number of ether oxygens (including phenoxy) is 1. The molecule has 1 rings (SSSR count). The van der Waals surface area contributed by atoms with Crippen molar-refractivity contribution in [2.45, 2.75) is 32.7 Å². The monoisotopic (exact) mass is 265 g/mol. The number of hydrogen-bond donors (Lipinski definition) is 2. The standard InChI is InChI=1S/C14H19NO4/c1-11-5-7-12(8-6-11)10-15-14(18)19-9-3-2-4-13(16)17/h5-8H,2-4,9-10H2,1H3,(H,15,18)(H,16,17). The van der Waals surface area contributed by atoms with Gasteiger partial charge in [-0.1, -0.05) is 29.8 Å². The number of carboxylic acids is 1. The van der Waals surface area contributed by atoms with Crippen molar-refractivity contribution in [1.82, 2.24) is 5.32 Å². The Morgan fingerprint density at radius 3 is 2.53 bits per heavy atom. The van der Waals surface area contributed by atoms with E-state index in [1.807, 2.05) is 31.2 Å². The molecule has 19 heavy (non-hydrogen) atoms. The topological polar surface area (TPSA) is 75.6 Å². The van der Waals surface area contributed by atoms with Gasteiger partial charge in [0, 0.05) is 13.0 Å². The fourth-order valence-corrected chi connectivity index (χ4v) is 1.47. The molecule has 0 aromatic heterocycles. The second-order valence-corrected chi connectivity index (χ2v) is 4.33. The van der Waals surface area contributed by atoms with Gasteiger partial charge in [0.2, 0.25) is 0 Å². The average Bonchev–Trinajstić information content (AvgIpc) is 2.37. The molecule has 0 aliphatic carbocycles. The van der Waals surface area contributed by atoms with E-state index in [1.54, 1.807) is 0 Å². The largest absolute Gasteiger partial charge is 0.481 e. The Kier molecular flexibility index (Phi) is 6.43. The Morgan fingerprint density at radius 2 is 1.89 bits per heavy atom. The summed E-state index contributed by atoms with van der Waals surface area (Å²) in [7, 11) is 0. The van der Waals surface area contributed by atoms with E-state index >= 15 is 0 Å². The normalized spacial score (nSPS) is 9.95. The van der Waals surface area contributed by atoms with Gasteiger partial charge in [-0.05, 0) is 25.3 Å². The Hall–Kier alpha value is -2.04. The van der Waals surface area contributed by atoms with E-state index in [9.17, 15) is 9.59 Å². The van der Waals surface area contributed by atoms with E-state index < -0.39 is 12.1 Å². The van der Waals surface area contributed by atoms with E-state index in [0.717, 1.165) is 5.56 Å². The van der Waals surface area contributed by atoms with E-state index in [4.69, 9.17) is 9.84 Å². The lowest BCUT2D eigenvalue weighted by Crippen LogP contribution is -2.24. The summed E-state index contributed by atoms with van der Waals surface area (Å²) in [4.78, 5) is 21.6. The molecule has 0 saturated heterocycles. The van der Waals surface area contributed by atoms with Crippen molar-refractivity contribution in [3.05, 3.63) is 35.4 Å². The second-order valence-electron chi connectivity index (χ2n) is 4.33. The predicted octanol–water partition coefficient (Wildman–Crippen LogP) is 2.48. The van der Waals surface area contributed by atoms with Crippen LogP contribution in [0.5, 0.6) is 0 Å². The summed E-state index contributed by atoms with van der Waals surface area (Å²) in [5.41, 5.74) is 2.18. The Morgan fingerprint density at radius 1 is 1.21 bits per heavy atom. The lowest BCUT2D eigenvalue weighted by molar-refractivity contribution is -0.137. The molecule has 0 spiro atoms. The summed E-state index contributed by atoms with van der Waals surface area (Å²) < 4.78 is 4.93. The minimum Gasteiger partial charge on any atom is -0.481 e. The van der Waals surface area contributed by atoms with Crippen molar-refractivity contribution in [2.24, 2.45) is 0 Å². The van der Waals surface area contributed by atoms with E-state index in [1.165, 1.54) is 5.56 Å². The molecule has 0 atom stereocenters. The van der Waals surface area contributed by atoms with Crippen LogP contribution in [0.4, 0.5) is 4.79 Å². The number of alkyl carbamates (subject to hydrolysis) is 1. The summed E-state index contributed by atoms with van der Waals surface area (Å²) >= 11 is 0. The van der Waals surface area contributed by atoms with Crippen molar-refractivity contribution in [3.8, 4) is 0 Å². The third-order valence-electron chi connectivity index (χ3n) is 2.58. The van der Waals surface area contributed by atoms with Crippen molar-refractivity contribution < 1.29 is 19.4 Å². The molecule has 0 aliphatic rings. The SMILES string of the molecule is Cc1ccc(CNC(=O)OCCCCC(=O)O)cc1. The second kappa shape index (κ2) is 8.13. The molecule has 2 N–H and O–H groups in total. The molecule has 0 unspecified atom stereocenters. The van der Waals surface area contributed by atoms with Gasteiger partial charge >= 0.3 is 12.1 Å². The molecule has 1 amide bonds. The molecule has 1 aromatic rings. The smallest absolute Gasteiger partial charge is 0.407 e. The third kappa shape index (κ3) is 7.08. The first kappa shape index (κ1) is 15.0. The fourth-order valence-electron chi connectivity index (χ4n) is 1.47. The maximum absolute atomic E-state index is 11.3. The average molecular weight is 265 g/mol. The number of benzene rings is 1. The highest BCUT2D eigenvalue weighted by Gasteiger charge is 2.02. The number of carbonyl (C=O) groups is 2. The van der Waals surface area contributed by atoms with Crippen LogP contribution in [0.3, 0.4) is 0 Å². The zero-order chi connectivity index (χ0) is 14.1. The van der Waals surface area contributed by atoms with Crippen LogP contribution >= 0.6 is 0 Å². The van der Waals surface area contributed by atoms with Crippen molar-refractivity contribution >= 4 is 12.1 Å². The highest BCUT2D eigenvalue weighted by Crippen LogP contribution is 2.02. The molecule has 0 bridgehead atoms. The molecule has 0 saturated carbocycles. The number of hydrogen-bond acceptors (Lipinski definition) is 3. The van der Waals surface area contributed by atoms with Crippen LogP contribution in [0.15, 0.2) is 24.3 Å². The van der Waals surface area contributed by atoms with Gasteiger partial charge in [-0.15, -0.1) is 0 Å². The first-order valence-electron chi connectivity index (χ1n) is 6.26. The predicted molar refractivity (Wildman–Crippen MR) is 70.9 cm³/mol. The number of unbranched alkanes of at least 4 members (excludes halogenated alkanes) is 1. The molecule has 1 aromatic carbocycles. The highest BCUT2D eigenvalue weighted by atomic mass is 16.5. The van der Waals surface area contributed by atoms with E-state index in [-0.39, 0.29) is 13.0 Å². The maximum Gasteiger partial charge on any atom is 0.407 e. The number of amides is 1. The maximum atomic E-state index is 11.3. The number of nitrogens with one attached hydrogen (secondary N) is 1. The minimum atomic E-state index is -0.830. The van der Waals surface area contributed by atoms with Gasteiger partial charge in [-0.25, -0.2) is 4.79 Å². The molecule has 0 aliphatic heterocycles. The molecule has 5 heteroatoms. The first-order chi connectivity index (χ1) is 9.08. The van der Waals surface area contributed by atoms with Crippen molar-refractivity contribution in [1.29, 1.82) is 0 Å². The van der Waals surface area contributed by atoms with Crippen LogP contribution in [-0.2, 0) is 16.1 Å². The van der Waals surface area contributed by atoms with Crippen molar-refractivity contribution in [3.63, 3.8) is 0 Å². The fraction of sp³-hybridized carbons (Fsp3) is 0.429. The lowest BCUT2D eigenvalue weighted by Gasteiger charge is -2.07. The Labute approximate surface area is 112 Å². The van der Waals surface area contributed by atoms with E-state index in [2.05, 4.69) is 5.32 Å². The molecule has 0 fully saturated rings. The molecular formula is C14H19NO4. The van der Waals surface area contributed by atoms with E-state index in [0.29, 0.717) is 19.4 Å². The van der Waals surface area contributed by atoms with Crippen LogP contribution in [0.25, 0.3) is 0 Å². The Balaban J connectivity index is 2.11. The third-order valence-corrected chi connectivity index (χ3v) is 2.58. The summed E-state index contributed by atoms with van der Waals surface area (Å²) in [5, 5.41) is 11.1. The molecule has 0 heterocycles. The quantitative estimate of drug-likeness (QED) is 0.743. The molecule has 0 radical (unpaired) electrons. The zero-order valence-electron chi connectivity index (χ0n) is 11.0. The van der Waals surface area contributed by atoms with Gasteiger partial charge in [0.05, 0.1) is 6.61 Å². The summed E-state index contributed by atoms with van der Waals surface area (Å²) in [5.74, 6) is -0.830. The highest BCUT2D eigenvalue weighted by molar-refractivity contribution is 5.67. The zero-order valence-corrected chi connectivity index (χ0v) is 11.0. The van der Waals surface area contributed by atoms with Crippen LogP contribution < -0.4 is 5.32 Å². The summed E-state index contributed by atoms with van der Waals surface area (Å²) in [6.07, 6.45) is 0.704. The molecular weight excluding hydrogens is 246 g/mol. The Bertz CT molecular complexity index is 414. The number of carbonyl (C=O) groups excluding carboxylic acids is 1. The van der Waals surface area contributed by atoms with Crippen LogP contribution in [0.1, 0.15) is 30.4 Å². The number of aryl methyl sites for hydroxylation is 1. The van der Waals surface area contributed by atoms with Crippen molar-refractivity contribution in [2.75, 3.05) is 6.61 Å². The molecule has 5 nitrogen and oxygen atoms in total. The van der Waals surface area contributed by atoms with Gasteiger partial charge in [0.1, 0.15) is 0 Å². The minimum absolute atomic E-state index is 0.106. The number of aliphatic carboxylic acids is 1. The summed E-state index contributed by atoms with van der Waals surface area (Å²) in [6.45, 7) is 2.67. The lowest BCUT2D eigenvalue weighted by atomic mass is 10.1. The van der Waals surface area contributed by atoms with Gasteiger partial charge in [-0.3, -0.25) is 4.79 Å². The van der Waals surface area contributed by atoms with Gasteiger partial charge in [0.25, 0.3) is 0 Å². The van der Waals surface area contributed by atoms with Gasteiger partial charge in [0.15, 0.2) is 0 Å². The number of rotatable bonds is 7. The van der Waals surface area contributed by atoms with Crippen LogP contribution in [0.2, 0.25) is 0 Å².